The molecule has 6 nitrogen and oxygen atoms in total. The predicted octanol–water partition coefficient (Wildman–Crippen LogP) is -0.640. The normalized spacial score (nSPS) is 10.4. The van der Waals surface area contributed by atoms with E-state index in [1.54, 1.807) is 14.0 Å². The third kappa shape index (κ3) is 1.94. The van der Waals surface area contributed by atoms with Gasteiger partial charge in [0.25, 0.3) is 5.56 Å². The lowest BCUT2D eigenvalue weighted by molar-refractivity contribution is 0.583. The molecule has 1 aromatic rings. The Balaban J connectivity index is 3.60. The molecule has 0 radical (unpaired) electrons. The average molecular weight is 212 g/mol. The van der Waals surface area contributed by atoms with Crippen LogP contribution in [0.3, 0.4) is 0 Å². The highest BCUT2D eigenvalue weighted by Crippen LogP contribution is 2.02. The summed E-state index contributed by atoms with van der Waals surface area (Å²) in [6.45, 7) is 4.44. The van der Waals surface area contributed by atoms with Gasteiger partial charge in [-0.15, -0.1) is 0 Å². The van der Waals surface area contributed by atoms with Crippen LogP contribution in [0.25, 0.3) is 0 Å². The summed E-state index contributed by atoms with van der Waals surface area (Å²) in [6, 6.07) is 1.37. The summed E-state index contributed by atoms with van der Waals surface area (Å²) in [5.41, 5.74) is -0.640. The van der Waals surface area contributed by atoms with Gasteiger partial charge in [0.15, 0.2) is 0 Å². The molecule has 84 valence electrons. The molecule has 0 aliphatic carbocycles. The second-order valence-corrected chi connectivity index (χ2v) is 3.22. The second-order valence-electron chi connectivity index (χ2n) is 3.22. The zero-order valence-electron chi connectivity index (χ0n) is 9.23. The van der Waals surface area contributed by atoms with Crippen molar-refractivity contribution in [3.05, 3.63) is 26.9 Å². The molecular weight excluding hydrogens is 196 g/mol. The van der Waals surface area contributed by atoms with Gasteiger partial charge < -0.3 is 0 Å². The summed E-state index contributed by atoms with van der Waals surface area (Å²) in [5, 5.41) is 1.27. The van der Waals surface area contributed by atoms with Crippen molar-refractivity contribution in [3.63, 3.8) is 0 Å². The summed E-state index contributed by atoms with van der Waals surface area (Å²) in [7, 11) is 1.59. The van der Waals surface area contributed by atoms with Crippen molar-refractivity contribution in [1.29, 1.82) is 0 Å². The molecule has 0 spiro atoms. The Morgan fingerprint density at radius 1 is 1.27 bits per heavy atom. The van der Waals surface area contributed by atoms with E-state index < -0.39 is 0 Å². The fraction of sp³-hybridized carbons (Fsp3) is 0.556. The van der Waals surface area contributed by atoms with E-state index in [1.165, 1.54) is 20.2 Å². The lowest BCUT2D eigenvalue weighted by Gasteiger charge is -2.18. The minimum absolute atomic E-state index is 0.320. The van der Waals surface area contributed by atoms with Gasteiger partial charge in [0.05, 0.1) is 0 Å². The van der Waals surface area contributed by atoms with Crippen LogP contribution in [-0.4, -0.2) is 16.2 Å². The first-order chi connectivity index (χ1) is 7.02. The number of hydrazine groups is 1. The molecule has 1 rings (SSSR count). The minimum Gasteiger partial charge on any atom is -0.299 e. The third-order valence-electron chi connectivity index (χ3n) is 2.25. The molecular formula is C9H16N4O2. The summed E-state index contributed by atoms with van der Waals surface area (Å²) in [4.78, 5) is 23.4. The number of anilines is 1. The Bertz CT molecular complexity index is 458. The monoisotopic (exact) mass is 212 g/mol. The van der Waals surface area contributed by atoms with Crippen molar-refractivity contribution in [1.82, 2.24) is 9.13 Å². The van der Waals surface area contributed by atoms with Gasteiger partial charge in [0, 0.05) is 26.2 Å². The zero-order valence-corrected chi connectivity index (χ0v) is 9.23. The highest BCUT2D eigenvalue weighted by molar-refractivity contribution is 5.35. The van der Waals surface area contributed by atoms with E-state index in [0.29, 0.717) is 18.9 Å². The molecule has 6 heteroatoms. The van der Waals surface area contributed by atoms with Gasteiger partial charge in [-0.25, -0.2) is 10.6 Å². The van der Waals surface area contributed by atoms with Crippen LogP contribution in [0.2, 0.25) is 0 Å². The molecule has 0 amide bonds. The maximum Gasteiger partial charge on any atom is 0.332 e. The number of nitrogens with two attached hydrogens (primary N) is 1. The first-order valence-corrected chi connectivity index (χ1v) is 4.86. The van der Waals surface area contributed by atoms with Crippen LogP contribution in [0.15, 0.2) is 15.7 Å². The predicted molar refractivity (Wildman–Crippen MR) is 58.9 cm³/mol. The van der Waals surface area contributed by atoms with Crippen LogP contribution in [0.5, 0.6) is 0 Å². The lowest BCUT2D eigenvalue weighted by Crippen LogP contribution is -2.43. The van der Waals surface area contributed by atoms with Crippen molar-refractivity contribution in [2.45, 2.75) is 26.9 Å². The second kappa shape index (κ2) is 4.31. The van der Waals surface area contributed by atoms with E-state index in [9.17, 15) is 9.59 Å². The maximum absolute atomic E-state index is 11.8. The van der Waals surface area contributed by atoms with Gasteiger partial charge in [-0.05, 0) is 13.8 Å². The molecule has 1 aromatic heterocycles. The number of hydrogen-bond donors (Lipinski definition) is 1. The molecule has 0 aromatic carbocycles. The van der Waals surface area contributed by atoms with Crippen LogP contribution in [-0.2, 0) is 13.1 Å². The Kier molecular flexibility index (Phi) is 3.31. The Hall–Kier alpha value is -1.56. The fourth-order valence-electron chi connectivity index (χ4n) is 1.48. The first-order valence-electron chi connectivity index (χ1n) is 4.86. The molecule has 0 unspecified atom stereocenters. The fourth-order valence-corrected chi connectivity index (χ4v) is 1.48. The SMILES string of the molecule is CCn1c(N(C)N)cc(=O)n(CC)c1=O. The van der Waals surface area contributed by atoms with Gasteiger partial charge in [-0.2, -0.15) is 0 Å². The summed E-state index contributed by atoms with van der Waals surface area (Å²) >= 11 is 0. The van der Waals surface area contributed by atoms with Gasteiger partial charge in [0.1, 0.15) is 5.82 Å². The number of aromatic nitrogens is 2. The summed E-state index contributed by atoms with van der Waals surface area (Å²) in [5.74, 6) is 5.97. The molecule has 0 atom stereocenters. The zero-order chi connectivity index (χ0) is 11.6. The quantitative estimate of drug-likeness (QED) is 0.534. The minimum atomic E-state index is -0.320. The highest BCUT2D eigenvalue weighted by Gasteiger charge is 2.10. The third-order valence-corrected chi connectivity index (χ3v) is 2.25. The molecule has 2 N–H and O–H groups in total. The molecule has 0 aliphatic rings. The van der Waals surface area contributed by atoms with Gasteiger partial charge >= 0.3 is 5.69 Å². The van der Waals surface area contributed by atoms with Crippen molar-refractivity contribution in [3.8, 4) is 0 Å². The largest absolute Gasteiger partial charge is 0.332 e. The van der Waals surface area contributed by atoms with E-state index in [1.807, 2.05) is 6.92 Å². The maximum atomic E-state index is 11.8. The van der Waals surface area contributed by atoms with E-state index in [4.69, 9.17) is 5.84 Å². The first kappa shape index (κ1) is 11.5. The average Bonchev–Trinajstić information content (AvgIpc) is 2.17. The topological polar surface area (TPSA) is 73.3 Å². The van der Waals surface area contributed by atoms with Gasteiger partial charge in [0.2, 0.25) is 0 Å². The standard InChI is InChI=1S/C9H16N4O2/c1-4-12-7(11(3)10)6-8(14)13(5-2)9(12)15/h6H,4-5,10H2,1-3H3. The van der Waals surface area contributed by atoms with E-state index in [0.717, 1.165) is 0 Å². The summed E-state index contributed by atoms with van der Waals surface area (Å²) in [6.07, 6.45) is 0. The Labute approximate surface area is 87.5 Å². The summed E-state index contributed by atoms with van der Waals surface area (Å²) < 4.78 is 2.64. The van der Waals surface area contributed by atoms with Gasteiger partial charge in [-0.3, -0.25) is 18.9 Å². The smallest absolute Gasteiger partial charge is 0.299 e. The van der Waals surface area contributed by atoms with Crippen molar-refractivity contribution < 1.29 is 0 Å². The van der Waals surface area contributed by atoms with Crippen LogP contribution in [0, 0.1) is 0 Å². The highest BCUT2D eigenvalue weighted by atomic mass is 16.2. The molecule has 0 saturated carbocycles. The molecule has 0 saturated heterocycles. The van der Waals surface area contributed by atoms with Crippen molar-refractivity contribution >= 4 is 5.82 Å². The number of rotatable bonds is 3. The van der Waals surface area contributed by atoms with Crippen molar-refractivity contribution in [2.75, 3.05) is 12.1 Å². The van der Waals surface area contributed by atoms with E-state index in [2.05, 4.69) is 0 Å². The van der Waals surface area contributed by atoms with Gasteiger partial charge in [-0.1, -0.05) is 0 Å². The van der Waals surface area contributed by atoms with Crippen LogP contribution < -0.4 is 22.1 Å². The molecule has 0 aliphatic heterocycles. The Morgan fingerprint density at radius 2 is 1.80 bits per heavy atom. The van der Waals surface area contributed by atoms with E-state index in [-0.39, 0.29) is 11.2 Å². The van der Waals surface area contributed by atoms with E-state index >= 15 is 0 Å². The lowest BCUT2D eigenvalue weighted by atomic mass is 10.5. The van der Waals surface area contributed by atoms with Crippen LogP contribution in [0.1, 0.15) is 13.8 Å². The number of nitrogens with zero attached hydrogens (tertiary/aromatic N) is 3. The molecule has 0 fully saturated rings. The van der Waals surface area contributed by atoms with Crippen LogP contribution >= 0.6 is 0 Å². The molecule has 0 bridgehead atoms. The number of hydrogen-bond acceptors (Lipinski definition) is 4. The van der Waals surface area contributed by atoms with Crippen LogP contribution in [0.4, 0.5) is 5.82 Å². The Morgan fingerprint density at radius 3 is 2.20 bits per heavy atom. The molecule has 15 heavy (non-hydrogen) atoms. The molecule has 1 heterocycles. The van der Waals surface area contributed by atoms with Crippen molar-refractivity contribution in [2.24, 2.45) is 5.84 Å².